The number of anilines is 1. The molecule has 3 rings (SSSR count). The van der Waals surface area contributed by atoms with Crippen LogP contribution in [0.2, 0.25) is 5.02 Å². The lowest BCUT2D eigenvalue weighted by Gasteiger charge is -2.15. The van der Waals surface area contributed by atoms with Crippen LogP contribution < -0.4 is 9.64 Å². The van der Waals surface area contributed by atoms with Crippen LogP contribution in [0.4, 0.5) is 5.69 Å². The van der Waals surface area contributed by atoms with Crippen molar-refractivity contribution in [3.8, 4) is 5.75 Å². The van der Waals surface area contributed by atoms with E-state index in [1.54, 1.807) is 24.3 Å². The van der Waals surface area contributed by atoms with Crippen LogP contribution in [0, 0.1) is 5.92 Å². The largest absolute Gasteiger partial charge is 0.493 e. The highest BCUT2D eigenvalue weighted by atomic mass is 35.5. The van der Waals surface area contributed by atoms with E-state index in [4.69, 9.17) is 16.3 Å². The molecule has 1 heterocycles. The van der Waals surface area contributed by atoms with Crippen LogP contribution in [0.15, 0.2) is 53.4 Å². The summed E-state index contributed by atoms with van der Waals surface area (Å²) in [6.45, 7) is 6.75. The summed E-state index contributed by atoms with van der Waals surface area (Å²) in [5.41, 5.74) is 1.60. The fourth-order valence-electron chi connectivity index (χ4n) is 2.87. The van der Waals surface area contributed by atoms with Crippen molar-refractivity contribution in [3.05, 3.63) is 64.0 Å². The molecule has 0 saturated carbocycles. The number of benzene rings is 2. The molecule has 0 fully saturated rings. The first-order valence-electron chi connectivity index (χ1n) is 9.17. The summed E-state index contributed by atoms with van der Waals surface area (Å²) in [4.78, 5) is 27.8. The van der Waals surface area contributed by atoms with E-state index >= 15 is 0 Å². The van der Waals surface area contributed by atoms with Crippen LogP contribution in [0.1, 0.15) is 26.3 Å². The van der Waals surface area contributed by atoms with Gasteiger partial charge < -0.3 is 4.74 Å². The molecular weight excluding hydrogens is 394 g/mol. The van der Waals surface area contributed by atoms with Gasteiger partial charge in [-0.25, -0.2) is 4.90 Å². The molecule has 0 aliphatic carbocycles. The Bertz CT molecular complexity index is 922. The van der Waals surface area contributed by atoms with Crippen molar-refractivity contribution < 1.29 is 14.3 Å². The van der Waals surface area contributed by atoms with Gasteiger partial charge in [-0.15, -0.1) is 11.8 Å². The van der Waals surface area contributed by atoms with Crippen LogP contribution in [0.25, 0.3) is 5.57 Å². The summed E-state index contributed by atoms with van der Waals surface area (Å²) in [6.07, 6.45) is 0. The second-order valence-electron chi connectivity index (χ2n) is 6.79. The van der Waals surface area contributed by atoms with Gasteiger partial charge in [0, 0.05) is 5.02 Å². The van der Waals surface area contributed by atoms with Crippen LogP contribution in [-0.4, -0.2) is 24.2 Å². The van der Waals surface area contributed by atoms with E-state index in [1.165, 1.54) is 16.7 Å². The van der Waals surface area contributed by atoms with E-state index in [0.717, 1.165) is 5.75 Å². The topological polar surface area (TPSA) is 46.6 Å². The van der Waals surface area contributed by atoms with Crippen LogP contribution in [0.5, 0.6) is 5.75 Å². The Morgan fingerprint density at radius 1 is 1.07 bits per heavy atom. The van der Waals surface area contributed by atoms with Gasteiger partial charge in [0.05, 0.1) is 22.8 Å². The molecule has 2 aromatic carbocycles. The number of ether oxygens (including phenoxy) is 1. The molecule has 0 unspecified atom stereocenters. The van der Waals surface area contributed by atoms with Crippen LogP contribution >= 0.6 is 23.4 Å². The average molecular weight is 416 g/mol. The quantitative estimate of drug-likeness (QED) is 0.567. The predicted octanol–water partition coefficient (Wildman–Crippen LogP) is 5.41. The zero-order valence-corrected chi connectivity index (χ0v) is 17.6. The monoisotopic (exact) mass is 415 g/mol. The van der Waals surface area contributed by atoms with E-state index in [9.17, 15) is 9.59 Å². The van der Waals surface area contributed by atoms with Gasteiger partial charge in [-0.2, -0.15) is 0 Å². The molecule has 146 valence electrons. The number of carbonyl (C=O) groups excluding carboxylic acids is 2. The summed E-state index contributed by atoms with van der Waals surface area (Å²) >= 11 is 7.43. The molecule has 0 radical (unpaired) electrons. The number of halogens is 1. The van der Waals surface area contributed by atoms with E-state index < -0.39 is 0 Å². The van der Waals surface area contributed by atoms with Crippen LogP contribution in [0.3, 0.4) is 0 Å². The molecular formula is C22H22ClNO3S. The first-order chi connectivity index (χ1) is 13.4. The normalized spacial score (nSPS) is 14.4. The van der Waals surface area contributed by atoms with Crippen molar-refractivity contribution in [2.75, 3.05) is 17.3 Å². The molecule has 28 heavy (non-hydrogen) atoms. The molecule has 2 amide bonds. The van der Waals surface area contributed by atoms with Crippen molar-refractivity contribution in [1.82, 2.24) is 0 Å². The summed E-state index contributed by atoms with van der Waals surface area (Å²) in [5.74, 6) is 1.21. The lowest BCUT2D eigenvalue weighted by molar-refractivity contribution is -0.119. The van der Waals surface area contributed by atoms with Gasteiger partial charge >= 0.3 is 0 Å². The molecule has 1 aliphatic heterocycles. The fraction of sp³-hybridized carbons (Fsp3) is 0.273. The number of amides is 2. The maximum absolute atomic E-state index is 13.2. The minimum absolute atomic E-state index is 0.311. The third kappa shape index (κ3) is 4.26. The number of nitrogens with zero attached hydrogens (tertiary/aromatic N) is 1. The number of hydrogen-bond acceptors (Lipinski definition) is 4. The Balaban J connectivity index is 1.95. The number of thioether (sulfide) groups is 1. The van der Waals surface area contributed by atoms with Crippen molar-refractivity contribution in [2.45, 2.75) is 20.8 Å². The third-order valence-corrected chi connectivity index (χ3v) is 5.31. The number of rotatable bonds is 7. The highest BCUT2D eigenvalue weighted by Gasteiger charge is 2.40. The summed E-state index contributed by atoms with van der Waals surface area (Å²) in [5, 5.41) is 0.475. The molecule has 0 N–H and O–H groups in total. The highest BCUT2D eigenvalue weighted by Crippen LogP contribution is 2.39. The van der Waals surface area contributed by atoms with Gasteiger partial charge in [-0.1, -0.05) is 50.6 Å². The third-order valence-electron chi connectivity index (χ3n) is 4.12. The Morgan fingerprint density at radius 2 is 1.79 bits per heavy atom. The molecule has 1 aliphatic rings. The van der Waals surface area contributed by atoms with Crippen molar-refractivity contribution in [2.24, 2.45) is 5.92 Å². The molecule has 0 aromatic heterocycles. The average Bonchev–Trinajstić information content (AvgIpc) is 2.91. The number of hydrogen-bond donors (Lipinski definition) is 0. The summed E-state index contributed by atoms with van der Waals surface area (Å²) < 4.78 is 5.71. The van der Waals surface area contributed by atoms with Crippen molar-refractivity contribution in [3.63, 3.8) is 0 Å². The summed E-state index contributed by atoms with van der Waals surface area (Å²) in [7, 11) is 0. The maximum Gasteiger partial charge on any atom is 0.272 e. The van der Waals surface area contributed by atoms with Gasteiger partial charge in [-0.05, 0) is 47.6 Å². The van der Waals surface area contributed by atoms with Gasteiger partial charge in [0.25, 0.3) is 11.8 Å². The molecule has 6 heteroatoms. The first-order valence-corrected chi connectivity index (χ1v) is 10.5. The maximum atomic E-state index is 13.2. The number of carbonyl (C=O) groups is 2. The van der Waals surface area contributed by atoms with Gasteiger partial charge in [-0.3, -0.25) is 9.59 Å². The highest BCUT2D eigenvalue weighted by molar-refractivity contribution is 8.04. The Morgan fingerprint density at radius 3 is 2.39 bits per heavy atom. The predicted molar refractivity (Wildman–Crippen MR) is 116 cm³/mol. The second kappa shape index (κ2) is 8.84. The van der Waals surface area contributed by atoms with Gasteiger partial charge in [0.15, 0.2) is 0 Å². The zero-order chi connectivity index (χ0) is 20.3. The standard InChI is InChI=1S/C22H22ClNO3S/c1-4-28-20-19(15-8-10-18(11-9-15)27-13-14(2)3)21(25)24(22(20)26)17-7-5-6-16(23)12-17/h5-12,14H,4,13H2,1-3H3. The van der Waals surface area contributed by atoms with E-state index in [1.807, 2.05) is 31.2 Å². The smallest absolute Gasteiger partial charge is 0.272 e. The van der Waals surface area contributed by atoms with E-state index in [-0.39, 0.29) is 11.8 Å². The Labute approximate surface area is 174 Å². The van der Waals surface area contributed by atoms with Gasteiger partial charge in [0.2, 0.25) is 0 Å². The minimum Gasteiger partial charge on any atom is -0.493 e. The lowest BCUT2D eigenvalue weighted by atomic mass is 10.1. The Kier molecular flexibility index (Phi) is 6.47. The number of imide groups is 1. The van der Waals surface area contributed by atoms with Gasteiger partial charge in [0.1, 0.15) is 5.75 Å². The fourth-order valence-corrected chi connectivity index (χ4v) is 3.91. The Hall–Kier alpha value is -2.24. The lowest BCUT2D eigenvalue weighted by Crippen LogP contribution is -2.31. The minimum atomic E-state index is -0.334. The molecule has 0 spiro atoms. The van der Waals surface area contributed by atoms with E-state index in [0.29, 0.717) is 45.0 Å². The van der Waals surface area contributed by atoms with Crippen LogP contribution in [-0.2, 0) is 9.59 Å². The first kappa shape index (κ1) is 20.5. The van der Waals surface area contributed by atoms with Crippen molar-refractivity contribution in [1.29, 1.82) is 0 Å². The molecule has 0 atom stereocenters. The molecule has 2 aromatic rings. The summed E-state index contributed by atoms with van der Waals surface area (Å²) in [6, 6.07) is 14.1. The zero-order valence-electron chi connectivity index (χ0n) is 16.1. The second-order valence-corrected chi connectivity index (χ2v) is 8.50. The van der Waals surface area contributed by atoms with E-state index in [2.05, 4.69) is 13.8 Å². The molecule has 0 saturated heterocycles. The molecule has 4 nitrogen and oxygen atoms in total. The SMILES string of the molecule is CCSC1=C(c2ccc(OCC(C)C)cc2)C(=O)N(c2cccc(Cl)c2)C1=O. The molecule has 0 bridgehead atoms. The van der Waals surface area contributed by atoms with Crippen molar-refractivity contribution >= 4 is 46.4 Å².